The fourth-order valence-corrected chi connectivity index (χ4v) is 4.30. The number of pyridine rings is 1. The van der Waals surface area contributed by atoms with Crippen molar-refractivity contribution in [3.8, 4) is 0 Å². The SMILES string of the molecule is CCN(CCn1nc2ccccn2c1=O)C1CCN(C(C)c2ccccc2)C1. The van der Waals surface area contributed by atoms with Crippen molar-refractivity contribution in [2.45, 2.75) is 38.9 Å². The molecule has 0 radical (unpaired) electrons. The van der Waals surface area contributed by atoms with Crippen LogP contribution in [0.5, 0.6) is 0 Å². The highest BCUT2D eigenvalue weighted by Crippen LogP contribution is 2.26. The Morgan fingerprint density at radius 2 is 1.96 bits per heavy atom. The summed E-state index contributed by atoms with van der Waals surface area (Å²) in [6.45, 7) is 9.15. The van der Waals surface area contributed by atoms with Gasteiger partial charge in [0.15, 0.2) is 5.65 Å². The van der Waals surface area contributed by atoms with E-state index in [2.05, 4.69) is 59.1 Å². The summed E-state index contributed by atoms with van der Waals surface area (Å²) in [5.41, 5.74) is 2.03. The first-order chi connectivity index (χ1) is 13.7. The number of fused-ring (bicyclic) bond motifs is 1. The lowest BCUT2D eigenvalue weighted by Crippen LogP contribution is -2.40. The van der Waals surface area contributed by atoms with E-state index in [1.165, 1.54) is 12.0 Å². The molecule has 2 atom stereocenters. The van der Waals surface area contributed by atoms with Gasteiger partial charge in [-0.05, 0) is 37.6 Å². The predicted octanol–water partition coefficient (Wildman–Crippen LogP) is 2.65. The Morgan fingerprint density at radius 1 is 1.18 bits per heavy atom. The van der Waals surface area contributed by atoms with E-state index in [9.17, 15) is 4.79 Å². The molecule has 0 bridgehead atoms. The summed E-state index contributed by atoms with van der Waals surface area (Å²) in [5, 5.41) is 4.46. The van der Waals surface area contributed by atoms with E-state index in [1.54, 1.807) is 15.3 Å². The van der Waals surface area contributed by atoms with Gasteiger partial charge in [-0.15, -0.1) is 5.10 Å². The molecule has 0 N–H and O–H groups in total. The van der Waals surface area contributed by atoms with E-state index in [-0.39, 0.29) is 5.69 Å². The standard InChI is InChI=1S/C22H29N5O/c1-3-24(15-16-27-22(28)26-13-8-7-11-21(26)23-27)20-12-14-25(17-20)18(2)19-9-5-4-6-10-19/h4-11,13,18,20H,3,12,14-17H2,1-2H3. The Bertz CT molecular complexity index is 964. The maximum atomic E-state index is 12.5. The minimum Gasteiger partial charge on any atom is -0.297 e. The van der Waals surface area contributed by atoms with Crippen LogP contribution in [0, 0.1) is 0 Å². The van der Waals surface area contributed by atoms with Gasteiger partial charge in [0.05, 0.1) is 6.54 Å². The molecule has 1 aliphatic heterocycles. The third-order valence-electron chi connectivity index (χ3n) is 6.03. The average Bonchev–Trinajstić information content (AvgIpc) is 3.34. The number of likely N-dealkylation sites (N-methyl/N-ethyl adjacent to an activating group) is 1. The molecule has 1 fully saturated rings. The zero-order valence-electron chi connectivity index (χ0n) is 16.7. The maximum absolute atomic E-state index is 12.5. The number of hydrogen-bond acceptors (Lipinski definition) is 4. The van der Waals surface area contributed by atoms with Crippen molar-refractivity contribution in [1.82, 2.24) is 24.0 Å². The van der Waals surface area contributed by atoms with Crippen LogP contribution in [0.25, 0.3) is 5.65 Å². The first-order valence-corrected chi connectivity index (χ1v) is 10.2. The molecule has 28 heavy (non-hydrogen) atoms. The zero-order chi connectivity index (χ0) is 19.5. The van der Waals surface area contributed by atoms with Gasteiger partial charge in [0.2, 0.25) is 0 Å². The van der Waals surface area contributed by atoms with Crippen LogP contribution in [0.1, 0.15) is 31.9 Å². The molecule has 3 aromatic rings. The van der Waals surface area contributed by atoms with Gasteiger partial charge in [-0.2, -0.15) is 0 Å². The number of benzene rings is 1. The molecule has 4 rings (SSSR count). The van der Waals surface area contributed by atoms with E-state index < -0.39 is 0 Å². The lowest BCUT2D eigenvalue weighted by atomic mass is 10.1. The van der Waals surface area contributed by atoms with Crippen molar-refractivity contribution >= 4 is 5.65 Å². The van der Waals surface area contributed by atoms with E-state index in [0.29, 0.717) is 24.3 Å². The second kappa shape index (κ2) is 8.29. The van der Waals surface area contributed by atoms with Gasteiger partial charge in [0.25, 0.3) is 0 Å². The average molecular weight is 380 g/mol. The second-order valence-corrected chi connectivity index (χ2v) is 7.59. The lowest BCUT2D eigenvalue weighted by Gasteiger charge is -2.29. The van der Waals surface area contributed by atoms with Crippen LogP contribution in [0.2, 0.25) is 0 Å². The van der Waals surface area contributed by atoms with Gasteiger partial charge in [0.1, 0.15) is 0 Å². The number of rotatable bonds is 7. The largest absolute Gasteiger partial charge is 0.350 e. The Kier molecular flexibility index (Phi) is 5.59. The molecule has 2 unspecified atom stereocenters. The molecule has 148 valence electrons. The molecule has 0 spiro atoms. The summed E-state index contributed by atoms with van der Waals surface area (Å²) in [4.78, 5) is 17.5. The zero-order valence-corrected chi connectivity index (χ0v) is 16.7. The third-order valence-corrected chi connectivity index (χ3v) is 6.03. The number of aromatic nitrogens is 3. The molecule has 3 heterocycles. The molecule has 1 aromatic carbocycles. The van der Waals surface area contributed by atoms with Crippen molar-refractivity contribution < 1.29 is 0 Å². The fraction of sp³-hybridized carbons (Fsp3) is 0.455. The van der Waals surface area contributed by atoms with Gasteiger partial charge in [-0.3, -0.25) is 14.2 Å². The first kappa shape index (κ1) is 18.9. The monoisotopic (exact) mass is 379 g/mol. The summed E-state index contributed by atoms with van der Waals surface area (Å²) < 4.78 is 3.20. The Balaban J connectivity index is 1.39. The van der Waals surface area contributed by atoms with Crippen LogP contribution in [0.3, 0.4) is 0 Å². The maximum Gasteiger partial charge on any atom is 0.350 e. The highest BCUT2D eigenvalue weighted by Gasteiger charge is 2.30. The quantitative estimate of drug-likeness (QED) is 0.633. The van der Waals surface area contributed by atoms with Gasteiger partial charge >= 0.3 is 5.69 Å². The van der Waals surface area contributed by atoms with E-state index in [1.807, 2.05) is 18.2 Å². The topological polar surface area (TPSA) is 45.8 Å². The molecule has 0 amide bonds. The number of hydrogen-bond donors (Lipinski definition) is 0. The molecule has 6 heteroatoms. The van der Waals surface area contributed by atoms with Gasteiger partial charge in [0, 0.05) is 37.9 Å². The third kappa shape index (κ3) is 3.75. The van der Waals surface area contributed by atoms with Crippen LogP contribution in [-0.4, -0.2) is 56.2 Å². The minimum absolute atomic E-state index is 0.0580. The highest BCUT2D eigenvalue weighted by atomic mass is 16.2. The summed E-state index contributed by atoms with van der Waals surface area (Å²) >= 11 is 0. The lowest BCUT2D eigenvalue weighted by molar-refractivity contribution is 0.179. The van der Waals surface area contributed by atoms with Crippen LogP contribution in [0.4, 0.5) is 0 Å². The van der Waals surface area contributed by atoms with Crippen molar-refractivity contribution in [3.05, 3.63) is 70.8 Å². The molecule has 6 nitrogen and oxygen atoms in total. The van der Waals surface area contributed by atoms with Crippen molar-refractivity contribution in [1.29, 1.82) is 0 Å². The van der Waals surface area contributed by atoms with Crippen LogP contribution in [-0.2, 0) is 6.54 Å². The van der Waals surface area contributed by atoms with Gasteiger partial charge in [-0.25, -0.2) is 9.48 Å². The number of nitrogens with zero attached hydrogens (tertiary/aromatic N) is 5. The smallest absolute Gasteiger partial charge is 0.297 e. The molecule has 1 saturated heterocycles. The Hall–Kier alpha value is -2.44. The Morgan fingerprint density at radius 3 is 2.71 bits per heavy atom. The molecular formula is C22H29N5O. The normalized spacial score (nSPS) is 18.9. The van der Waals surface area contributed by atoms with Crippen LogP contribution >= 0.6 is 0 Å². The van der Waals surface area contributed by atoms with Crippen LogP contribution < -0.4 is 5.69 Å². The van der Waals surface area contributed by atoms with E-state index >= 15 is 0 Å². The van der Waals surface area contributed by atoms with Crippen molar-refractivity contribution in [2.24, 2.45) is 0 Å². The van der Waals surface area contributed by atoms with Crippen LogP contribution in [0.15, 0.2) is 59.5 Å². The summed E-state index contributed by atoms with van der Waals surface area (Å²) in [6.07, 6.45) is 2.95. The fourth-order valence-electron chi connectivity index (χ4n) is 4.30. The van der Waals surface area contributed by atoms with Gasteiger partial charge in [-0.1, -0.05) is 43.3 Å². The summed E-state index contributed by atoms with van der Waals surface area (Å²) in [6, 6.07) is 17.3. The molecule has 1 aliphatic rings. The van der Waals surface area contributed by atoms with E-state index in [4.69, 9.17) is 0 Å². The van der Waals surface area contributed by atoms with E-state index in [0.717, 1.165) is 26.2 Å². The molecule has 0 aliphatic carbocycles. The predicted molar refractivity (Wildman–Crippen MR) is 112 cm³/mol. The summed E-state index contributed by atoms with van der Waals surface area (Å²) in [5.74, 6) is 0. The van der Waals surface area contributed by atoms with Crippen molar-refractivity contribution in [3.63, 3.8) is 0 Å². The van der Waals surface area contributed by atoms with Gasteiger partial charge < -0.3 is 0 Å². The number of likely N-dealkylation sites (tertiary alicyclic amines) is 1. The molecule has 0 saturated carbocycles. The second-order valence-electron chi connectivity index (χ2n) is 7.59. The first-order valence-electron chi connectivity index (χ1n) is 10.2. The summed E-state index contributed by atoms with van der Waals surface area (Å²) in [7, 11) is 0. The molecular weight excluding hydrogens is 350 g/mol. The molecule has 2 aromatic heterocycles. The highest BCUT2D eigenvalue weighted by molar-refractivity contribution is 5.35. The van der Waals surface area contributed by atoms with Crippen molar-refractivity contribution in [2.75, 3.05) is 26.2 Å². The Labute approximate surface area is 166 Å². The minimum atomic E-state index is -0.0580.